The number of ether oxygens (including phenoxy) is 10. The highest BCUT2D eigenvalue weighted by Crippen LogP contribution is 2.81. The SMILES string of the molecule is CCCCCC(=O)O[C@H]1CC(C)(C)CC2C13[C@H](O)C[C@]1(C)C2(CCC2[C@@]4(C)CC[C@H](O[C@@H]5OC[C@H](O[C@@H]6O[C@H](CO)[C@@H](O)[C@H](O)[C@H]6O[C@@H]6OC[C@@H](O)[C@H](O)[C@H]6O)[C@H](O)[C@H]5O[C@@H]5O[C@H](CO)[C@@H](O)[C@H](O)[C@H]5O)C(C)(C)C4CC[C@]21C)O[C@@H]3O. The minimum atomic E-state index is -1.91. The zero-order valence-electron chi connectivity index (χ0n) is 48.8. The summed E-state index contributed by atoms with van der Waals surface area (Å²) in [7, 11) is 0. The van der Waals surface area contributed by atoms with Gasteiger partial charge in [0.15, 0.2) is 31.5 Å². The van der Waals surface area contributed by atoms with E-state index in [2.05, 4.69) is 55.4 Å². The number of fused-ring (bicyclic) bond motifs is 4. The van der Waals surface area contributed by atoms with Crippen LogP contribution in [0.3, 0.4) is 0 Å². The molecule has 472 valence electrons. The van der Waals surface area contributed by atoms with E-state index < -0.39 is 183 Å². The number of esters is 1. The Morgan fingerprint density at radius 3 is 1.87 bits per heavy atom. The molecule has 2 bridgehead atoms. The van der Waals surface area contributed by atoms with Gasteiger partial charge in [-0.05, 0) is 97.7 Å². The molecule has 24 heteroatoms. The van der Waals surface area contributed by atoms with Crippen LogP contribution in [0.5, 0.6) is 0 Å². The molecule has 10 rings (SSSR count). The Kier molecular flexibility index (Phi) is 18.0. The van der Waals surface area contributed by atoms with Gasteiger partial charge in [0.1, 0.15) is 91.6 Å². The van der Waals surface area contributed by atoms with Crippen LogP contribution in [0.15, 0.2) is 0 Å². The summed E-state index contributed by atoms with van der Waals surface area (Å²) in [4.78, 5) is 13.5. The molecule has 0 aromatic carbocycles. The van der Waals surface area contributed by atoms with Crippen molar-refractivity contribution in [2.24, 2.45) is 50.2 Å². The van der Waals surface area contributed by atoms with Gasteiger partial charge in [-0.2, -0.15) is 0 Å². The van der Waals surface area contributed by atoms with Crippen molar-refractivity contribution in [2.75, 3.05) is 26.4 Å². The third-order valence-electron chi connectivity index (χ3n) is 23.1. The highest BCUT2D eigenvalue weighted by atomic mass is 16.8. The molecule has 0 amide bonds. The molecule has 5 saturated carbocycles. The number of hydrogen-bond acceptors (Lipinski definition) is 24. The predicted molar refractivity (Wildman–Crippen MR) is 281 cm³/mol. The standard InChI is InChI=1S/C58H96O24/c1-9-10-11-12-36(63)78-35-21-52(2,3)19-32-57-18-14-31-54(6)16-15-34(53(4,5)30(54)13-17-55(31,7)56(57,8)20-33(62)58(32,35)51(72)82-57)79-49-45(81-48-44(71)41(68)38(65)27(22-59)75-48)40(67)29(25-74-49)77-50-46(42(69)39(66)28(23-60)76-50)80-47-43(70)37(64)26(61)24-73-47/h26-35,37-51,59-62,64-72H,9-25H2,1-8H3/t26-,27-,28-,29+,30?,31?,32?,33-,34+,35+,37+,38-,39-,40+,41+,42+,43-,44-,45-,46-,47+,48+,49+,50+,51+,54+,55-,56+,57?,58?/m1/s1. The number of hydrogen-bond donors (Lipinski definition) is 13. The average molecular weight is 1180 g/mol. The molecule has 0 aromatic heterocycles. The van der Waals surface area contributed by atoms with E-state index in [1.54, 1.807) is 0 Å². The Morgan fingerprint density at radius 1 is 0.561 bits per heavy atom. The second kappa shape index (κ2) is 23.2. The van der Waals surface area contributed by atoms with Gasteiger partial charge < -0.3 is 114 Å². The zero-order valence-corrected chi connectivity index (χ0v) is 48.8. The van der Waals surface area contributed by atoms with Crippen LogP contribution in [-0.2, 0) is 52.2 Å². The molecule has 10 aliphatic rings. The van der Waals surface area contributed by atoms with Crippen molar-refractivity contribution in [3.05, 3.63) is 0 Å². The van der Waals surface area contributed by atoms with E-state index in [4.69, 9.17) is 47.4 Å². The topological polar surface area (TPSA) is 372 Å². The van der Waals surface area contributed by atoms with Gasteiger partial charge >= 0.3 is 5.97 Å². The van der Waals surface area contributed by atoms with Crippen LogP contribution in [0, 0.1) is 50.2 Å². The molecule has 24 nitrogen and oxygen atoms in total. The average Bonchev–Trinajstić information content (AvgIpc) is 1.38. The first-order valence-electron chi connectivity index (χ1n) is 30.3. The summed E-state index contributed by atoms with van der Waals surface area (Å²) in [5.74, 6) is -0.405. The summed E-state index contributed by atoms with van der Waals surface area (Å²) in [6, 6.07) is 0. The molecule has 1 spiro atoms. The molecular weight excluding hydrogens is 1080 g/mol. The lowest BCUT2D eigenvalue weighted by Crippen LogP contribution is -2.75. The maximum Gasteiger partial charge on any atom is 0.306 e. The van der Waals surface area contributed by atoms with Crippen LogP contribution in [0.25, 0.3) is 0 Å². The lowest BCUT2D eigenvalue weighted by molar-refractivity contribution is -0.392. The van der Waals surface area contributed by atoms with Gasteiger partial charge in [0.05, 0.1) is 49.7 Å². The normalized spacial score (nSPS) is 54.2. The Hall–Kier alpha value is -1.41. The number of aliphatic hydroxyl groups is 13. The van der Waals surface area contributed by atoms with Crippen molar-refractivity contribution in [3.8, 4) is 0 Å². The molecule has 5 aliphatic carbocycles. The summed E-state index contributed by atoms with van der Waals surface area (Å²) in [5.41, 5.74) is -4.12. The lowest BCUT2D eigenvalue weighted by Gasteiger charge is -2.75. The van der Waals surface area contributed by atoms with Gasteiger partial charge in [-0.25, -0.2) is 0 Å². The van der Waals surface area contributed by atoms with E-state index in [-0.39, 0.29) is 46.4 Å². The number of rotatable bonds is 15. The number of aliphatic hydroxyl groups excluding tert-OH is 13. The molecular formula is C58H96O24. The van der Waals surface area contributed by atoms with Crippen molar-refractivity contribution < 1.29 is 119 Å². The van der Waals surface area contributed by atoms with Crippen LogP contribution in [0.2, 0.25) is 0 Å². The van der Waals surface area contributed by atoms with E-state index in [1.165, 1.54) is 0 Å². The zero-order chi connectivity index (χ0) is 59.6. The van der Waals surface area contributed by atoms with Gasteiger partial charge in [0, 0.05) is 17.8 Å². The van der Waals surface area contributed by atoms with Gasteiger partial charge in [-0.1, -0.05) is 68.2 Å². The van der Waals surface area contributed by atoms with Gasteiger partial charge in [-0.15, -0.1) is 0 Å². The Bertz CT molecular complexity index is 2230. The summed E-state index contributed by atoms with van der Waals surface area (Å²) in [5, 5.41) is 144. The summed E-state index contributed by atoms with van der Waals surface area (Å²) in [6.07, 6.45) is -25.3. The molecule has 13 N–H and O–H groups in total. The molecule has 0 aromatic rings. The van der Waals surface area contributed by atoms with Crippen molar-refractivity contribution >= 4 is 5.97 Å². The highest BCUT2D eigenvalue weighted by molar-refractivity contribution is 5.69. The van der Waals surface area contributed by atoms with E-state index in [0.29, 0.717) is 44.9 Å². The first-order chi connectivity index (χ1) is 38.5. The van der Waals surface area contributed by atoms with Gasteiger partial charge in [-0.3, -0.25) is 4.79 Å². The molecule has 5 saturated heterocycles. The van der Waals surface area contributed by atoms with Gasteiger partial charge in [0.25, 0.3) is 0 Å². The van der Waals surface area contributed by atoms with E-state index in [1.807, 2.05) is 0 Å². The van der Waals surface area contributed by atoms with E-state index >= 15 is 0 Å². The van der Waals surface area contributed by atoms with E-state index in [9.17, 15) is 71.2 Å². The summed E-state index contributed by atoms with van der Waals surface area (Å²) >= 11 is 0. The molecule has 0 radical (unpaired) electrons. The smallest absolute Gasteiger partial charge is 0.306 e. The maximum absolute atomic E-state index is 13.5. The Balaban J connectivity index is 0.899. The predicted octanol–water partition coefficient (Wildman–Crippen LogP) is -0.652. The van der Waals surface area contributed by atoms with Crippen LogP contribution < -0.4 is 0 Å². The third kappa shape index (κ3) is 9.99. The van der Waals surface area contributed by atoms with Crippen molar-refractivity contribution in [3.63, 3.8) is 0 Å². The molecule has 5 unspecified atom stereocenters. The van der Waals surface area contributed by atoms with E-state index in [0.717, 1.165) is 32.1 Å². The second-order valence-electron chi connectivity index (χ2n) is 28.3. The van der Waals surface area contributed by atoms with Crippen molar-refractivity contribution in [1.82, 2.24) is 0 Å². The fraction of sp³-hybridized carbons (Fsp3) is 0.983. The van der Waals surface area contributed by atoms with Gasteiger partial charge in [0.2, 0.25) is 0 Å². The second-order valence-corrected chi connectivity index (χ2v) is 28.3. The maximum atomic E-state index is 13.5. The molecule has 5 heterocycles. The summed E-state index contributed by atoms with van der Waals surface area (Å²) < 4.78 is 62.4. The summed E-state index contributed by atoms with van der Waals surface area (Å²) in [6.45, 7) is 15.3. The molecule has 30 atom stereocenters. The van der Waals surface area contributed by atoms with Crippen LogP contribution in [-0.4, -0.2) is 240 Å². The lowest BCUT2D eigenvalue weighted by atomic mass is 9.30. The fourth-order valence-corrected chi connectivity index (χ4v) is 18.6. The first-order valence-corrected chi connectivity index (χ1v) is 30.3. The Labute approximate surface area is 479 Å². The number of unbranched alkanes of at least 4 members (excludes halogenated alkanes) is 2. The van der Waals surface area contributed by atoms with Crippen LogP contribution in [0.1, 0.15) is 139 Å². The highest BCUT2D eigenvalue weighted by Gasteiger charge is 2.84. The molecule has 10 fully saturated rings. The van der Waals surface area contributed by atoms with Crippen molar-refractivity contribution in [1.29, 1.82) is 0 Å². The molecule has 5 aliphatic heterocycles. The van der Waals surface area contributed by atoms with Crippen LogP contribution in [0.4, 0.5) is 0 Å². The van der Waals surface area contributed by atoms with Crippen molar-refractivity contribution in [2.45, 2.75) is 280 Å². The number of carbonyl (C=O) groups is 1. The molecule has 82 heavy (non-hydrogen) atoms. The fourth-order valence-electron chi connectivity index (χ4n) is 18.6. The minimum Gasteiger partial charge on any atom is -0.461 e. The third-order valence-corrected chi connectivity index (χ3v) is 23.1. The Morgan fingerprint density at radius 2 is 1.18 bits per heavy atom. The largest absolute Gasteiger partial charge is 0.461 e. The minimum absolute atomic E-state index is 0.0503. The monoisotopic (exact) mass is 1180 g/mol. The quantitative estimate of drug-likeness (QED) is 0.0550. The van der Waals surface area contributed by atoms with Crippen LogP contribution >= 0.6 is 0 Å². The first kappa shape index (κ1) is 63.6. The number of carbonyl (C=O) groups excluding carboxylic acids is 1.